The molecule has 1 heterocycles. The lowest BCUT2D eigenvalue weighted by molar-refractivity contribution is -0.129. The van der Waals surface area contributed by atoms with Crippen molar-refractivity contribution in [3.8, 4) is 0 Å². The summed E-state index contributed by atoms with van der Waals surface area (Å²) in [5.74, 6) is 0.149. The van der Waals surface area contributed by atoms with Gasteiger partial charge in [0.1, 0.15) is 0 Å². The van der Waals surface area contributed by atoms with Gasteiger partial charge in [0.15, 0.2) is 0 Å². The van der Waals surface area contributed by atoms with Crippen LogP contribution >= 0.6 is 0 Å². The van der Waals surface area contributed by atoms with Gasteiger partial charge in [-0.1, -0.05) is 29.8 Å². The largest absolute Gasteiger partial charge is 0.378 e. The molecule has 1 aromatic rings. The zero-order valence-electron chi connectivity index (χ0n) is 11.7. The lowest BCUT2D eigenvalue weighted by Gasteiger charge is -2.28. The van der Waals surface area contributed by atoms with E-state index in [2.05, 4.69) is 5.32 Å². The Morgan fingerprint density at radius 2 is 2.16 bits per heavy atom. The minimum atomic E-state index is 0.149. The summed E-state index contributed by atoms with van der Waals surface area (Å²) in [6, 6.07) is 8.37. The van der Waals surface area contributed by atoms with E-state index in [0.717, 1.165) is 18.7 Å². The molecule has 0 radical (unpaired) electrons. The highest BCUT2D eigenvalue weighted by Crippen LogP contribution is 2.06. The van der Waals surface area contributed by atoms with Gasteiger partial charge in [-0.25, -0.2) is 0 Å². The van der Waals surface area contributed by atoms with Crippen molar-refractivity contribution in [3.05, 3.63) is 35.4 Å². The number of carbonyl (C=O) groups is 1. The normalized spacial score (nSPS) is 19.2. The molecule has 0 bridgehead atoms. The SMILES string of the molecule is Cc1ccc(CC(=O)N(C)CC2COCCN2)cc1. The Balaban J connectivity index is 1.83. The highest BCUT2D eigenvalue weighted by Gasteiger charge is 2.18. The number of nitrogens with zero attached hydrogens (tertiary/aromatic N) is 1. The van der Waals surface area contributed by atoms with Crippen molar-refractivity contribution in [1.82, 2.24) is 10.2 Å². The van der Waals surface area contributed by atoms with Crippen molar-refractivity contribution in [2.45, 2.75) is 19.4 Å². The summed E-state index contributed by atoms with van der Waals surface area (Å²) in [7, 11) is 1.85. The molecule has 0 aliphatic carbocycles. The Kier molecular flexibility index (Phi) is 4.93. The van der Waals surface area contributed by atoms with Crippen molar-refractivity contribution in [2.24, 2.45) is 0 Å². The number of nitrogens with one attached hydrogen (secondary N) is 1. The van der Waals surface area contributed by atoms with Crippen LogP contribution < -0.4 is 5.32 Å². The molecule has 4 heteroatoms. The Bertz CT molecular complexity index is 411. The second-order valence-corrected chi connectivity index (χ2v) is 5.16. The number of hydrogen-bond donors (Lipinski definition) is 1. The van der Waals surface area contributed by atoms with Crippen molar-refractivity contribution in [3.63, 3.8) is 0 Å². The minimum Gasteiger partial charge on any atom is -0.378 e. The van der Waals surface area contributed by atoms with Gasteiger partial charge < -0.3 is 15.0 Å². The molecule has 1 saturated heterocycles. The van der Waals surface area contributed by atoms with Crippen LogP contribution in [-0.4, -0.2) is 50.2 Å². The number of hydrogen-bond acceptors (Lipinski definition) is 3. The minimum absolute atomic E-state index is 0.149. The third kappa shape index (κ3) is 4.33. The monoisotopic (exact) mass is 262 g/mol. The van der Waals surface area contributed by atoms with Crippen molar-refractivity contribution >= 4 is 5.91 Å². The van der Waals surface area contributed by atoms with Crippen LogP contribution in [0.25, 0.3) is 0 Å². The number of likely N-dealkylation sites (N-methyl/N-ethyl adjacent to an activating group) is 1. The fraction of sp³-hybridized carbons (Fsp3) is 0.533. The fourth-order valence-corrected chi connectivity index (χ4v) is 2.18. The number of rotatable bonds is 4. The molecule has 1 atom stereocenters. The quantitative estimate of drug-likeness (QED) is 0.879. The van der Waals surface area contributed by atoms with Gasteiger partial charge in [-0.3, -0.25) is 4.79 Å². The van der Waals surface area contributed by atoms with Gasteiger partial charge in [-0.15, -0.1) is 0 Å². The maximum absolute atomic E-state index is 12.1. The average Bonchev–Trinajstić information content (AvgIpc) is 2.42. The standard InChI is InChI=1S/C15H22N2O2/c1-12-3-5-13(6-4-12)9-15(18)17(2)10-14-11-19-8-7-16-14/h3-6,14,16H,7-11H2,1-2H3. The zero-order chi connectivity index (χ0) is 13.7. The van der Waals surface area contributed by atoms with E-state index in [-0.39, 0.29) is 11.9 Å². The molecule has 0 aromatic heterocycles. The summed E-state index contributed by atoms with van der Waals surface area (Å²) in [6.45, 7) is 5.06. The molecule has 1 fully saturated rings. The summed E-state index contributed by atoms with van der Waals surface area (Å²) < 4.78 is 5.39. The van der Waals surface area contributed by atoms with Crippen LogP contribution in [-0.2, 0) is 16.0 Å². The molecule has 19 heavy (non-hydrogen) atoms. The second-order valence-electron chi connectivity index (χ2n) is 5.16. The van der Waals surface area contributed by atoms with Crippen molar-refractivity contribution in [2.75, 3.05) is 33.4 Å². The van der Waals surface area contributed by atoms with E-state index in [1.165, 1.54) is 5.56 Å². The molecular weight excluding hydrogens is 240 g/mol. The first-order valence-corrected chi connectivity index (χ1v) is 6.76. The number of benzene rings is 1. The van der Waals surface area contributed by atoms with Crippen LogP contribution in [0.1, 0.15) is 11.1 Å². The maximum Gasteiger partial charge on any atom is 0.226 e. The number of morpholine rings is 1. The van der Waals surface area contributed by atoms with Crippen molar-refractivity contribution < 1.29 is 9.53 Å². The second kappa shape index (κ2) is 6.68. The number of ether oxygens (including phenoxy) is 1. The highest BCUT2D eigenvalue weighted by molar-refractivity contribution is 5.78. The summed E-state index contributed by atoms with van der Waals surface area (Å²) in [5.41, 5.74) is 2.28. The molecule has 1 aliphatic heterocycles. The van der Waals surface area contributed by atoms with E-state index in [4.69, 9.17) is 4.74 Å². The van der Waals surface area contributed by atoms with E-state index >= 15 is 0 Å². The number of amides is 1. The summed E-state index contributed by atoms with van der Waals surface area (Å²) in [5, 5.41) is 3.36. The zero-order valence-corrected chi connectivity index (χ0v) is 11.7. The Morgan fingerprint density at radius 3 is 2.79 bits per heavy atom. The molecule has 1 N–H and O–H groups in total. The van der Waals surface area contributed by atoms with Gasteiger partial charge in [0, 0.05) is 26.2 Å². The van der Waals surface area contributed by atoms with E-state index in [1.54, 1.807) is 4.90 Å². The van der Waals surface area contributed by atoms with E-state index < -0.39 is 0 Å². The van der Waals surface area contributed by atoms with Crippen LogP contribution in [0.15, 0.2) is 24.3 Å². The lowest BCUT2D eigenvalue weighted by atomic mass is 10.1. The Morgan fingerprint density at radius 1 is 1.42 bits per heavy atom. The first kappa shape index (κ1) is 14.0. The molecule has 1 unspecified atom stereocenters. The molecule has 1 aliphatic rings. The predicted octanol–water partition coefficient (Wildman–Crippen LogP) is 0.984. The topological polar surface area (TPSA) is 41.6 Å². The molecular formula is C15H22N2O2. The van der Waals surface area contributed by atoms with E-state index in [9.17, 15) is 4.79 Å². The molecule has 1 amide bonds. The summed E-state index contributed by atoms with van der Waals surface area (Å²) >= 11 is 0. The van der Waals surface area contributed by atoms with Gasteiger partial charge in [0.05, 0.1) is 19.6 Å². The van der Waals surface area contributed by atoms with Gasteiger partial charge in [0.25, 0.3) is 0 Å². The Labute approximate surface area is 114 Å². The van der Waals surface area contributed by atoms with Gasteiger partial charge in [0.2, 0.25) is 5.91 Å². The van der Waals surface area contributed by atoms with Gasteiger partial charge in [-0.2, -0.15) is 0 Å². The van der Waals surface area contributed by atoms with E-state index in [0.29, 0.717) is 19.6 Å². The molecule has 4 nitrogen and oxygen atoms in total. The Hall–Kier alpha value is -1.39. The first-order chi connectivity index (χ1) is 9.15. The highest BCUT2D eigenvalue weighted by atomic mass is 16.5. The molecule has 0 spiro atoms. The van der Waals surface area contributed by atoms with Crippen LogP contribution in [0, 0.1) is 6.92 Å². The van der Waals surface area contributed by atoms with Crippen molar-refractivity contribution in [1.29, 1.82) is 0 Å². The summed E-state index contributed by atoms with van der Waals surface area (Å²) in [6.07, 6.45) is 0.463. The maximum atomic E-state index is 12.1. The van der Waals surface area contributed by atoms with E-state index in [1.807, 2.05) is 38.2 Å². The predicted molar refractivity (Wildman–Crippen MR) is 75.1 cm³/mol. The lowest BCUT2D eigenvalue weighted by Crippen LogP contribution is -2.49. The smallest absolute Gasteiger partial charge is 0.226 e. The number of aryl methyl sites for hydroxylation is 1. The fourth-order valence-electron chi connectivity index (χ4n) is 2.18. The molecule has 2 rings (SSSR count). The van der Waals surface area contributed by atoms with Gasteiger partial charge in [-0.05, 0) is 12.5 Å². The molecule has 1 aromatic carbocycles. The van der Waals surface area contributed by atoms with Crippen LogP contribution in [0.4, 0.5) is 0 Å². The first-order valence-electron chi connectivity index (χ1n) is 6.76. The van der Waals surface area contributed by atoms with Crippen LogP contribution in [0.3, 0.4) is 0 Å². The third-order valence-corrected chi connectivity index (χ3v) is 3.39. The molecule has 104 valence electrons. The third-order valence-electron chi connectivity index (χ3n) is 3.39. The average molecular weight is 262 g/mol. The van der Waals surface area contributed by atoms with Crippen LogP contribution in [0.2, 0.25) is 0 Å². The van der Waals surface area contributed by atoms with Crippen LogP contribution in [0.5, 0.6) is 0 Å². The summed E-state index contributed by atoms with van der Waals surface area (Å²) in [4.78, 5) is 13.9. The van der Waals surface area contributed by atoms with Gasteiger partial charge >= 0.3 is 0 Å². The molecule has 0 saturated carbocycles. The number of carbonyl (C=O) groups excluding carboxylic acids is 1.